The van der Waals surface area contributed by atoms with Crippen molar-refractivity contribution < 1.29 is 0 Å². The molecule has 0 aliphatic heterocycles. The third-order valence-corrected chi connectivity index (χ3v) is 3.91. The molecule has 0 saturated carbocycles. The van der Waals surface area contributed by atoms with E-state index in [1.807, 2.05) is 30.5 Å². The first-order valence-electron chi connectivity index (χ1n) is 7.14. The summed E-state index contributed by atoms with van der Waals surface area (Å²) in [5.41, 5.74) is 5.18. The Morgan fingerprint density at radius 3 is 2.24 bits per heavy atom. The number of hydrogen-bond acceptors (Lipinski definition) is 3. The smallest absolute Gasteiger partial charge is 0.0894 e. The summed E-state index contributed by atoms with van der Waals surface area (Å²) in [5, 5.41) is 0. The highest BCUT2D eigenvalue weighted by Gasteiger charge is 2.08. The first-order valence-corrected chi connectivity index (χ1v) is 7.14. The average molecular weight is 277 g/mol. The lowest BCUT2D eigenvalue weighted by Gasteiger charge is -2.20. The molecule has 1 heterocycles. The van der Waals surface area contributed by atoms with Crippen LogP contribution in [0.25, 0.3) is 22.3 Å². The summed E-state index contributed by atoms with van der Waals surface area (Å²) in [6.07, 6.45) is 1.84. The normalized spacial score (nSPS) is 12.8. The molecule has 3 heteroatoms. The molecule has 1 aromatic heterocycles. The molecule has 21 heavy (non-hydrogen) atoms. The van der Waals surface area contributed by atoms with Crippen molar-refractivity contribution in [2.45, 2.75) is 13.0 Å². The predicted octanol–water partition coefficient (Wildman–Crippen LogP) is 3.92. The number of nitrogens with zero attached hydrogens (tertiary/aromatic N) is 3. The fourth-order valence-electron chi connectivity index (χ4n) is 2.33. The first kappa shape index (κ1) is 13.7. The van der Waals surface area contributed by atoms with Crippen LogP contribution < -0.4 is 0 Å². The highest BCUT2D eigenvalue weighted by atomic mass is 15.1. The zero-order valence-corrected chi connectivity index (χ0v) is 12.6. The van der Waals surface area contributed by atoms with E-state index in [1.54, 1.807) is 0 Å². The Balaban J connectivity index is 1.95. The number of rotatable bonds is 3. The van der Waals surface area contributed by atoms with E-state index in [9.17, 15) is 0 Å². The van der Waals surface area contributed by atoms with Crippen molar-refractivity contribution in [3.63, 3.8) is 0 Å². The van der Waals surface area contributed by atoms with Crippen LogP contribution in [0.2, 0.25) is 0 Å². The molecule has 3 rings (SSSR count). The number of aromatic nitrogens is 2. The Hall–Kier alpha value is -2.26. The molecule has 0 radical (unpaired) electrons. The van der Waals surface area contributed by atoms with Crippen LogP contribution in [0.5, 0.6) is 0 Å². The minimum absolute atomic E-state index is 0.404. The van der Waals surface area contributed by atoms with Crippen LogP contribution in [0, 0.1) is 0 Å². The van der Waals surface area contributed by atoms with Gasteiger partial charge in [-0.3, -0.25) is 4.98 Å². The molecule has 0 bridgehead atoms. The van der Waals surface area contributed by atoms with Gasteiger partial charge >= 0.3 is 0 Å². The van der Waals surface area contributed by atoms with Crippen molar-refractivity contribution in [2.24, 2.45) is 0 Å². The third kappa shape index (κ3) is 2.78. The van der Waals surface area contributed by atoms with Gasteiger partial charge in [-0.2, -0.15) is 0 Å². The van der Waals surface area contributed by atoms with E-state index in [-0.39, 0.29) is 0 Å². The van der Waals surface area contributed by atoms with E-state index in [0.717, 1.165) is 22.3 Å². The Bertz CT molecular complexity index is 748. The summed E-state index contributed by atoms with van der Waals surface area (Å²) in [6.45, 7) is 2.20. The molecule has 0 aliphatic rings. The van der Waals surface area contributed by atoms with Gasteiger partial charge in [-0.15, -0.1) is 0 Å². The Morgan fingerprint density at radius 1 is 0.905 bits per heavy atom. The first-order chi connectivity index (χ1) is 10.1. The molecule has 1 atom stereocenters. The van der Waals surface area contributed by atoms with Gasteiger partial charge in [0.2, 0.25) is 0 Å². The van der Waals surface area contributed by atoms with E-state index >= 15 is 0 Å². The standard InChI is InChI=1S/C18H19N3/c1-13(21(2)3)14-8-10-15(11-9-14)18-12-19-16-6-4-5-7-17(16)20-18/h4-13H,1-3H3. The fraction of sp³-hybridized carbons (Fsp3) is 0.222. The van der Waals surface area contributed by atoms with Gasteiger partial charge in [0.1, 0.15) is 0 Å². The minimum Gasteiger partial charge on any atom is -0.303 e. The lowest BCUT2D eigenvalue weighted by atomic mass is 10.0. The van der Waals surface area contributed by atoms with E-state index in [0.29, 0.717) is 6.04 Å². The van der Waals surface area contributed by atoms with Crippen molar-refractivity contribution in [1.29, 1.82) is 0 Å². The lowest BCUT2D eigenvalue weighted by Crippen LogP contribution is -2.16. The SMILES string of the molecule is CC(c1ccc(-c2cnc3ccccc3n2)cc1)N(C)C. The lowest BCUT2D eigenvalue weighted by molar-refractivity contribution is 0.321. The summed E-state index contributed by atoms with van der Waals surface area (Å²) in [5.74, 6) is 0. The van der Waals surface area contributed by atoms with Crippen molar-refractivity contribution in [3.05, 3.63) is 60.3 Å². The topological polar surface area (TPSA) is 29.0 Å². The van der Waals surface area contributed by atoms with Crippen LogP contribution >= 0.6 is 0 Å². The monoisotopic (exact) mass is 277 g/mol. The van der Waals surface area contributed by atoms with E-state index in [4.69, 9.17) is 0 Å². The highest BCUT2D eigenvalue weighted by Crippen LogP contribution is 2.23. The molecule has 3 aromatic rings. The molecule has 106 valence electrons. The zero-order valence-electron chi connectivity index (χ0n) is 12.6. The molecule has 0 spiro atoms. The molecule has 0 aliphatic carbocycles. The van der Waals surface area contributed by atoms with E-state index in [1.165, 1.54) is 5.56 Å². The van der Waals surface area contributed by atoms with Crippen molar-refractivity contribution >= 4 is 11.0 Å². The van der Waals surface area contributed by atoms with Crippen LogP contribution in [0.4, 0.5) is 0 Å². The molecular formula is C18H19N3. The van der Waals surface area contributed by atoms with Crippen LogP contribution in [0.15, 0.2) is 54.7 Å². The number of para-hydroxylation sites is 2. The molecule has 2 aromatic carbocycles. The number of benzene rings is 2. The quantitative estimate of drug-likeness (QED) is 0.726. The van der Waals surface area contributed by atoms with Gasteiger partial charge < -0.3 is 4.90 Å². The second-order valence-electron chi connectivity index (χ2n) is 5.51. The van der Waals surface area contributed by atoms with Gasteiger partial charge in [0.25, 0.3) is 0 Å². The molecule has 0 saturated heterocycles. The highest BCUT2D eigenvalue weighted by molar-refractivity contribution is 5.76. The van der Waals surface area contributed by atoms with Crippen LogP contribution in [-0.4, -0.2) is 29.0 Å². The van der Waals surface area contributed by atoms with Crippen molar-refractivity contribution in [2.75, 3.05) is 14.1 Å². The summed E-state index contributed by atoms with van der Waals surface area (Å²) < 4.78 is 0. The maximum absolute atomic E-state index is 4.68. The van der Waals surface area contributed by atoms with E-state index < -0.39 is 0 Å². The molecule has 0 fully saturated rings. The van der Waals surface area contributed by atoms with Gasteiger partial charge in [0.05, 0.1) is 22.9 Å². The summed E-state index contributed by atoms with van der Waals surface area (Å²) >= 11 is 0. The average Bonchev–Trinajstić information content (AvgIpc) is 2.54. The summed E-state index contributed by atoms with van der Waals surface area (Å²) in [4.78, 5) is 11.4. The number of hydrogen-bond donors (Lipinski definition) is 0. The van der Waals surface area contributed by atoms with Crippen molar-refractivity contribution in [3.8, 4) is 11.3 Å². The minimum atomic E-state index is 0.404. The molecule has 1 unspecified atom stereocenters. The summed E-state index contributed by atoms with van der Waals surface area (Å²) in [7, 11) is 4.18. The maximum Gasteiger partial charge on any atom is 0.0894 e. The predicted molar refractivity (Wildman–Crippen MR) is 87.1 cm³/mol. The van der Waals surface area contributed by atoms with Gasteiger partial charge in [0.15, 0.2) is 0 Å². The van der Waals surface area contributed by atoms with Gasteiger partial charge in [-0.05, 0) is 38.7 Å². The zero-order chi connectivity index (χ0) is 14.8. The second-order valence-corrected chi connectivity index (χ2v) is 5.51. The molecule has 3 nitrogen and oxygen atoms in total. The largest absolute Gasteiger partial charge is 0.303 e. The Kier molecular flexibility index (Phi) is 3.67. The van der Waals surface area contributed by atoms with Gasteiger partial charge in [0, 0.05) is 11.6 Å². The van der Waals surface area contributed by atoms with Gasteiger partial charge in [-0.1, -0.05) is 36.4 Å². The van der Waals surface area contributed by atoms with Crippen LogP contribution in [0.1, 0.15) is 18.5 Å². The fourth-order valence-corrected chi connectivity index (χ4v) is 2.33. The maximum atomic E-state index is 4.68. The Labute approximate surface area is 125 Å². The van der Waals surface area contributed by atoms with Crippen LogP contribution in [0.3, 0.4) is 0 Å². The molecular weight excluding hydrogens is 258 g/mol. The molecule has 0 N–H and O–H groups in total. The Morgan fingerprint density at radius 2 is 1.57 bits per heavy atom. The van der Waals surface area contributed by atoms with Crippen LogP contribution in [-0.2, 0) is 0 Å². The summed E-state index contributed by atoms with van der Waals surface area (Å²) in [6, 6.07) is 16.9. The third-order valence-electron chi connectivity index (χ3n) is 3.91. The van der Waals surface area contributed by atoms with Gasteiger partial charge in [-0.25, -0.2) is 4.98 Å². The molecule has 0 amide bonds. The van der Waals surface area contributed by atoms with E-state index in [2.05, 4.69) is 60.2 Å². The number of fused-ring (bicyclic) bond motifs is 1. The second kappa shape index (κ2) is 5.62. The van der Waals surface area contributed by atoms with Crippen molar-refractivity contribution in [1.82, 2.24) is 14.9 Å².